The summed E-state index contributed by atoms with van der Waals surface area (Å²) in [7, 11) is 0. The molecule has 11 nitrogen and oxygen atoms in total. The number of hydrogen-bond acceptors (Lipinski definition) is 9. The molecule has 0 unspecified atom stereocenters. The second-order valence-corrected chi connectivity index (χ2v) is 10.5. The number of hydrogen-bond donors (Lipinski definition) is 3. The number of amidine groups is 1. The van der Waals surface area contributed by atoms with Gasteiger partial charge in [-0.25, -0.2) is 15.0 Å². The molecular weight excluding hydrogens is 494 g/mol. The zero-order chi connectivity index (χ0) is 28.2. The summed E-state index contributed by atoms with van der Waals surface area (Å²) >= 11 is 0. The van der Waals surface area contributed by atoms with E-state index < -0.39 is 0 Å². The number of aryl methyl sites for hydroxylation is 1. The Morgan fingerprint density at radius 1 is 1.23 bits per heavy atom. The van der Waals surface area contributed by atoms with Gasteiger partial charge in [-0.3, -0.25) is 4.79 Å². The monoisotopic (exact) mass is 531 g/mol. The second-order valence-electron chi connectivity index (χ2n) is 10.5. The number of amides is 1. The van der Waals surface area contributed by atoms with E-state index in [9.17, 15) is 4.79 Å². The van der Waals surface area contributed by atoms with Crippen molar-refractivity contribution in [2.24, 2.45) is 10.7 Å². The lowest BCUT2D eigenvalue weighted by molar-refractivity contribution is 0.102. The molecule has 1 aromatic carbocycles. The summed E-state index contributed by atoms with van der Waals surface area (Å²) in [4.78, 5) is 31.5. The number of aromatic nitrogens is 3. The molecule has 0 bridgehead atoms. The number of anilines is 3. The fourth-order valence-electron chi connectivity index (χ4n) is 4.13. The van der Waals surface area contributed by atoms with Gasteiger partial charge in [0.1, 0.15) is 11.5 Å². The molecule has 11 heteroatoms. The molecule has 39 heavy (non-hydrogen) atoms. The van der Waals surface area contributed by atoms with Crippen LogP contribution in [0.5, 0.6) is 0 Å². The smallest absolute Gasteiger partial charge is 0.256 e. The Morgan fingerprint density at radius 2 is 1.97 bits per heavy atom. The van der Waals surface area contributed by atoms with Crippen molar-refractivity contribution in [1.29, 1.82) is 0 Å². The molecule has 4 N–H and O–H groups in total. The predicted molar refractivity (Wildman–Crippen MR) is 155 cm³/mol. The Bertz CT molecular complexity index is 1370. The summed E-state index contributed by atoms with van der Waals surface area (Å²) in [6.45, 7) is 18.4. The van der Waals surface area contributed by atoms with E-state index in [2.05, 4.69) is 49.1 Å². The quantitative estimate of drug-likeness (QED) is 0.290. The summed E-state index contributed by atoms with van der Waals surface area (Å²) in [6, 6.07) is 6.97. The van der Waals surface area contributed by atoms with Gasteiger partial charge >= 0.3 is 0 Å². The summed E-state index contributed by atoms with van der Waals surface area (Å²) in [5, 5.41) is 9.80. The van der Waals surface area contributed by atoms with Crippen LogP contribution < -0.4 is 21.3 Å². The van der Waals surface area contributed by atoms with Crippen LogP contribution >= 0.6 is 0 Å². The van der Waals surface area contributed by atoms with E-state index in [1.165, 1.54) is 0 Å². The van der Waals surface area contributed by atoms with Crippen molar-refractivity contribution in [2.75, 3.05) is 48.3 Å². The molecule has 1 fully saturated rings. The first kappa shape index (κ1) is 27.8. The number of carbonyl (C=O) groups excluding carboxylic acids is 1. The molecule has 0 atom stereocenters. The topological polar surface area (TPSA) is 138 Å². The number of carbonyl (C=O) groups is 1. The van der Waals surface area contributed by atoms with Crippen LogP contribution in [0.3, 0.4) is 0 Å². The van der Waals surface area contributed by atoms with Crippen LogP contribution in [0.25, 0.3) is 0 Å². The molecule has 0 spiro atoms. The zero-order valence-corrected chi connectivity index (χ0v) is 23.3. The van der Waals surface area contributed by atoms with E-state index in [1.807, 2.05) is 33.8 Å². The molecule has 4 rings (SSSR count). The molecular formula is C28H37N9O2. The average molecular weight is 532 g/mol. The van der Waals surface area contributed by atoms with Crippen LogP contribution in [0, 0.1) is 6.92 Å². The number of benzene rings is 1. The number of piperazine rings is 1. The zero-order valence-electron chi connectivity index (χ0n) is 23.3. The van der Waals surface area contributed by atoms with Crippen molar-refractivity contribution in [1.82, 2.24) is 20.0 Å². The van der Waals surface area contributed by atoms with Crippen LogP contribution in [0.15, 0.2) is 52.8 Å². The maximum atomic E-state index is 13.0. The molecule has 0 aliphatic carbocycles. The lowest BCUT2D eigenvalue weighted by atomic mass is 9.93. The number of nitrogens with two attached hydrogens (primary N) is 1. The number of nitrogens with zero attached hydrogens (tertiary/aromatic N) is 6. The summed E-state index contributed by atoms with van der Waals surface area (Å²) in [5.74, 6) is 1.50. The minimum absolute atomic E-state index is 0.196. The van der Waals surface area contributed by atoms with Crippen molar-refractivity contribution < 1.29 is 9.32 Å². The molecule has 0 radical (unpaired) electrons. The van der Waals surface area contributed by atoms with Gasteiger partial charge in [0.15, 0.2) is 11.7 Å². The van der Waals surface area contributed by atoms with Crippen molar-refractivity contribution in [3.63, 3.8) is 0 Å². The Balaban J connectivity index is 1.59. The first-order valence-electron chi connectivity index (χ1n) is 13.0. The number of aliphatic imine (C=N–C) groups is 1. The van der Waals surface area contributed by atoms with Crippen molar-refractivity contribution in [3.8, 4) is 0 Å². The van der Waals surface area contributed by atoms with Crippen molar-refractivity contribution in [2.45, 2.75) is 40.0 Å². The molecule has 2 aromatic heterocycles. The summed E-state index contributed by atoms with van der Waals surface area (Å²) in [6.07, 6.45) is 3.23. The third-order valence-corrected chi connectivity index (χ3v) is 6.58. The lowest BCUT2D eigenvalue weighted by Crippen LogP contribution is -2.46. The lowest BCUT2D eigenvalue weighted by Gasteiger charge is -2.34. The summed E-state index contributed by atoms with van der Waals surface area (Å²) < 4.78 is 5.37. The maximum absolute atomic E-state index is 13.0. The van der Waals surface area contributed by atoms with Gasteiger partial charge < -0.3 is 30.7 Å². The van der Waals surface area contributed by atoms with E-state index in [-0.39, 0.29) is 17.2 Å². The third kappa shape index (κ3) is 6.61. The van der Waals surface area contributed by atoms with Gasteiger partial charge in [0.05, 0.1) is 17.6 Å². The third-order valence-electron chi connectivity index (χ3n) is 6.58. The van der Waals surface area contributed by atoms with E-state index in [1.54, 1.807) is 30.6 Å². The first-order chi connectivity index (χ1) is 18.6. The highest BCUT2D eigenvalue weighted by molar-refractivity contribution is 6.05. The normalized spacial score (nSPS) is 14.8. The predicted octanol–water partition coefficient (Wildman–Crippen LogP) is 4.06. The summed E-state index contributed by atoms with van der Waals surface area (Å²) in [5.41, 5.74) is 9.15. The Hall–Kier alpha value is -4.25. The standard InChI is InChI=1S/C28H37N9O2/c1-7-30-21-17-31-27(37-13-11-36(8-2)12-14-37)34-24(21)25(29)32-20-15-19(10-9-18(20)3)26(38)33-23-16-22(39-35-23)28(4,5)6/h7,9-10,15-17,30H,1,8,11-14H2,2-6H3,(H2,29,32)(H,33,35,38). The van der Waals surface area contributed by atoms with Crippen LogP contribution in [0.4, 0.5) is 23.1 Å². The maximum Gasteiger partial charge on any atom is 0.256 e. The van der Waals surface area contributed by atoms with Crippen molar-refractivity contribution in [3.05, 3.63) is 65.8 Å². The van der Waals surface area contributed by atoms with Crippen LogP contribution in [0.1, 0.15) is 55.1 Å². The highest BCUT2D eigenvalue weighted by Gasteiger charge is 2.22. The molecule has 1 aliphatic heterocycles. The minimum Gasteiger partial charge on any atom is -0.382 e. The van der Waals surface area contributed by atoms with Crippen molar-refractivity contribution >= 4 is 34.9 Å². The van der Waals surface area contributed by atoms with E-state index >= 15 is 0 Å². The van der Waals surface area contributed by atoms with Gasteiger partial charge in [-0.2, -0.15) is 0 Å². The first-order valence-corrected chi connectivity index (χ1v) is 13.0. The van der Waals surface area contributed by atoms with E-state index in [0.717, 1.165) is 38.3 Å². The van der Waals surface area contributed by atoms with Crippen LogP contribution in [0.2, 0.25) is 0 Å². The van der Waals surface area contributed by atoms with E-state index in [4.69, 9.17) is 15.2 Å². The second kappa shape index (κ2) is 11.6. The molecule has 1 aliphatic rings. The molecule has 3 aromatic rings. The molecule has 0 saturated carbocycles. The minimum atomic E-state index is -0.330. The number of nitrogens with one attached hydrogen (secondary N) is 2. The largest absolute Gasteiger partial charge is 0.382 e. The fraction of sp³-hybridized carbons (Fsp3) is 0.393. The fourth-order valence-corrected chi connectivity index (χ4v) is 4.13. The average Bonchev–Trinajstić information content (AvgIpc) is 3.39. The van der Waals surface area contributed by atoms with Gasteiger partial charge in [0, 0.05) is 43.2 Å². The Kier molecular flexibility index (Phi) is 8.29. The molecule has 3 heterocycles. The SMILES string of the molecule is C=CNc1cnc(N2CCN(CC)CC2)nc1C(N)=Nc1cc(C(=O)Nc2cc(C(C)(C)C)on2)ccc1C. The molecule has 1 saturated heterocycles. The highest BCUT2D eigenvalue weighted by Crippen LogP contribution is 2.26. The molecule has 1 amide bonds. The van der Waals surface area contributed by atoms with Gasteiger partial charge in [0.25, 0.3) is 5.91 Å². The van der Waals surface area contributed by atoms with Crippen LogP contribution in [-0.4, -0.2) is 64.5 Å². The van der Waals surface area contributed by atoms with E-state index in [0.29, 0.717) is 40.2 Å². The Morgan fingerprint density at radius 3 is 2.62 bits per heavy atom. The Labute approximate surface area is 229 Å². The number of rotatable bonds is 8. The van der Waals surface area contributed by atoms with Gasteiger partial charge in [0.2, 0.25) is 5.95 Å². The number of likely N-dealkylation sites (N-methyl/N-ethyl adjacent to an activating group) is 1. The van der Waals surface area contributed by atoms with Gasteiger partial charge in [-0.05, 0) is 37.4 Å². The van der Waals surface area contributed by atoms with Gasteiger partial charge in [-0.1, -0.05) is 45.5 Å². The van der Waals surface area contributed by atoms with Gasteiger partial charge in [-0.15, -0.1) is 0 Å². The highest BCUT2D eigenvalue weighted by atomic mass is 16.5. The van der Waals surface area contributed by atoms with Crippen LogP contribution in [-0.2, 0) is 5.41 Å². The molecule has 206 valence electrons.